The number of nitrogens with zero attached hydrogens (tertiary/aromatic N) is 2. The summed E-state index contributed by atoms with van der Waals surface area (Å²) in [6.07, 6.45) is 3.23. The summed E-state index contributed by atoms with van der Waals surface area (Å²) in [4.78, 5) is 63.3. The van der Waals surface area contributed by atoms with E-state index in [2.05, 4.69) is 43.0 Å². The molecular formula is C51H48N8O7. The van der Waals surface area contributed by atoms with Gasteiger partial charge in [0.25, 0.3) is 0 Å². The summed E-state index contributed by atoms with van der Waals surface area (Å²) in [5, 5.41) is 25.5. The highest BCUT2D eigenvalue weighted by atomic mass is 16.6. The monoisotopic (exact) mass is 884 g/mol. The number of amides is 6. The molecule has 0 aliphatic carbocycles. The van der Waals surface area contributed by atoms with Crippen molar-refractivity contribution in [2.75, 3.05) is 47.6 Å². The molecule has 0 unspecified atom stereocenters. The van der Waals surface area contributed by atoms with Gasteiger partial charge in [0.2, 0.25) is 6.08 Å². The maximum Gasteiger partial charge on any atom is 0.411 e. The Bertz CT molecular complexity index is 2630. The van der Waals surface area contributed by atoms with Gasteiger partial charge in [0.15, 0.2) is 0 Å². The third kappa shape index (κ3) is 16.2. The number of hydrogen-bond acceptors (Lipinski definition) is 9. The Morgan fingerprint density at radius 2 is 0.773 bits per heavy atom. The van der Waals surface area contributed by atoms with E-state index in [-0.39, 0.29) is 25.3 Å². The number of anilines is 4. The predicted molar refractivity (Wildman–Crippen MR) is 253 cm³/mol. The number of carbonyl (C=O) groups is 4. The van der Waals surface area contributed by atoms with Crippen LogP contribution in [0.2, 0.25) is 0 Å². The second kappa shape index (κ2) is 24.8. The lowest BCUT2D eigenvalue weighted by atomic mass is 10.0. The van der Waals surface area contributed by atoms with Gasteiger partial charge in [0.05, 0.1) is 30.5 Å². The van der Waals surface area contributed by atoms with Crippen molar-refractivity contribution in [3.8, 4) is 6.07 Å². The van der Waals surface area contributed by atoms with Crippen LogP contribution in [0, 0.1) is 11.3 Å². The highest BCUT2D eigenvalue weighted by Gasteiger charge is 2.08. The minimum atomic E-state index is -0.591. The van der Waals surface area contributed by atoms with Gasteiger partial charge in [-0.3, -0.25) is 10.6 Å². The highest BCUT2D eigenvalue weighted by molar-refractivity contribution is 5.90. The van der Waals surface area contributed by atoms with Gasteiger partial charge in [-0.2, -0.15) is 10.3 Å². The molecule has 6 rings (SSSR count). The number of hydrogen-bond donors (Lipinski definition) is 6. The first kappa shape index (κ1) is 46.8. The minimum Gasteiger partial charge on any atom is -0.449 e. The Morgan fingerprint density at radius 3 is 1.11 bits per heavy atom. The number of ether oxygens (including phenoxy) is 2. The quantitative estimate of drug-likeness (QED) is 0.0261. The fourth-order valence-corrected chi connectivity index (χ4v) is 6.51. The summed E-state index contributed by atoms with van der Waals surface area (Å²) in [6, 6.07) is 45.9. The van der Waals surface area contributed by atoms with E-state index in [9.17, 15) is 24.0 Å². The van der Waals surface area contributed by atoms with Gasteiger partial charge in [0, 0.05) is 35.8 Å². The molecule has 0 fully saturated rings. The summed E-state index contributed by atoms with van der Waals surface area (Å²) >= 11 is 0. The zero-order valence-electron chi connectivity index (χ0n) is 36.0. The normalized spacial score (nSPS) is 10.3. The van der Waals surface area contributed by atoms with Crippen LogP contribution in [0.4, 0.5) is 47.6 Å². The third-order valence-corrected chi connectivity index (χ3v) is 9.92. The van der Waals surface area contributed by atoms with Crippen molar-refractivity contribution in [2.24, 2.45) is 4.99 Å². The molecule has 0 heterocycles. The molecular weight excluding hydrogens is 837 g/mol. The van der Waals surface area contributed by atoms with Crippen molar-refractivity contribution in [2.45, 2.75) is 32.1 Å². The molecule has 0 atom stereocenters. The van der Waals surface area contributed by atoms with Crippen LogP contribution in [0.3, 0.4) is 0 Å². The summed E-state index contributed by atoms with van der Waals surface area (Å²) in [7, 11) is 0. The lowest BCUT2D eigenvalue weighted by molar-refractivity contribution is 0.159. The predicted octanol–water partition coefficient (Wildman–Crippen LogP) is 9.82. The standard InChI is InChI=1S/C51H48N8O7/c52-34-42-5-3-36(4-6-42)31-40-13-23-46(24-14-40)58-50(63)65-29-1-27-53-48(61)56-44-19-9-38(10-20-44)33-39-11-21-45(22-12-39)57-49(62)54-28-2-30-66-51(64)59-47-25-15-41(16-26-47)32-37-7-17-43(18-8-37)55-35-60/h3-26H,1-2,27-33H2,(H,58,63)(H,59,64)(H2,53,56,61)(H2,54,57,62). The zero-order valence-corrected chi connectivity index (χ0v) is 36.0. The largest absolute Gasteiger partial charge is 0.449 e. The molecule has 0 spiro atoms. The van der Waals surface area contributed by atoms with Crippen LogP contribution in [0.25, 0.3) is 0 Å². The van der Waals surface area contributed by atoms with Crippen LogP contribution in [0.1, 0.15) is 51.8 Å². The molecule has 6 aromatic carbocycles. The SMILES string of the molecule is N#Cc1ccc(Cc2ccc(NC(=O)OCCCNC(=O)Nc3ccc(Cc4ccc(NC(=O)NCCCOC(=O)Nc5ccc(Cc6ccc(N=C=O)cc6)cc5)cc4)cc3)cc2)cc1. The van der Waals surface area contributed by atoms with Crippen LogP contribution >= 0.6 is 0 Å². The molecule has 66 heavy (non-hydrogen) atoms. The van der Waals surface area contributed by atoms with Gasteiger partial charge in [0.1, 0.15) is 0 Å². The zero-order chi connectivity index (χ0) is 46.4. The van der Waals surface area contributed by atoms with Crippen LogP contribution < -0.4 is 31.9 Å². The molecule has 334 valence electrons. The van der Waals surface area contributed by atoms with E-state index in [1.165, 1.54) is 6.08 Å². The molecule has 6 N–H and O–H groups in total. The van der Waals surface area contributed by atoms with E-state index in [1.54, 1.807) is 48.5 Å². The molecule has 15 heteroatoms. The van der Waals surface area contributed by atoms with Gasteiger partial charge >= 0.3 is 24.2 Å². The molecule has 0 radical (unpaired) electrons. The smallest absolute Gasteiger partial charge is 0.411 e. The molecule has 0 aliphatic rings. The lowest BCUT2D eigenvalue weighted by Gasteiger charge is -2.10. The topological polar surface area (TPSA) is 212 Å². The van der Waals surface area contributed by atoms with E-state index in [4.69, 9.17) is 14.7 Å². The first-order chi connectivity index (χ1) is 32.2. The summed E-state index contributed by atoms with van der Waals surface area (Å²) in [5.41, 5.74) is 9.92. The second-order valence-electron chi connectivity index (χ2n) is 15.0. The Morgan fingerprint density at radius 1 is 0.455 bits per heavy atom. The van der Waals surface area contributed by atoms with E-state index >= 15 is 0 Å². The molecule has 0 aliphatic heterocycles. The fourth-order valence-electron chi connectivity index (χ4n) is 6.51. The number of nitriles is 1. The van der Waals surface area contributed by atoms with Crippen molar-refractivity contribution in [1.29, 1.82) is 5.26 Å². The summed E-state index contributed by atoms with van der Waals surface area (Å²) in [6.45, 7) is 0.859. The average molecular weight is 885 g/mol. The third-order valence-electron chi connectivity index (χ3n) is 9.92. The van der Waals surface area contributed by atoms with Crippen LogP contribution in [0.5, 0.6) is 0 Å². The van der Waals surface area contributed by atoms with Crippen molar-refractivity contribution in [3.05, 3.63) is 185 Å². The van der Waals surface area contributed by atoms with Gasteiger partial charge in [-0.15, -0.1) is 0 Å². The van der Waals surface area contributed by atoms with Crippen LogP contribution in [0.15, 0.2) is 151 Å². The molecule has 0 aromatic heterocycles. The molecule has 0 bridgehead atoms. The van der Waals surface area contributed by atoms with Crippen LogP contribution in [-0.4, -0.2) is 56.6 Å². The van der Waals surface area contributed by atoms with Gasteiger partial charge in [-0.05, 0) is 138 Å². The number of isocyanates is 1. The van der Waals surface area contributed by atoms with Crippen molar-refractivity contribution < 1.29 is 33.4 Å². The average Bonchev–Trinajstić information content (AvgIpc) is 3.32. The fraction of sp³-hybridized carbons (Fsp3) is 0.176. The Hall–Kier alpha value is -8.73. The Balaban J connectivity index is 0.784. The molecule has 6 amide bonds. The highest BCUT2D eigenvalue weighted by Crippen LogP contribution is 2.19. The number of urea groups is 2. The minimum absolute atomic E-state index is 0.120. The second-order valence-corrected chi connectivity index (χ2v) is 15.0. The molecule has 6 aromatic rings. The van der Waals surface area contributed by atoms with Gasteiger partial charge in [-0.25, -0.2) is 24.0 Å². The van der Waals surface area contributed by atoms with E-state index in [0.29, 0.717) is 79.2 Å². The van der Waals surface area contributed by atoms with Crippen molar-refractivity contribution in [3.63, 3.8) is 0 Å². The lowest BCUT2D eigenvalue weighted by Crippen LogP contribution is -2.30. The Labute approximate surface area is 382 Å². The summed E-state index contributed by atoms with van der Waals surface area (Å²) < 4.78 is 10.5. The number of benzene rings is 6. The van der Waals surface area contributed by atoms with Crippen LogP contribution in [-0.2, 0) is 33.5 Å². The molecule has 15 nitrogen and oxygen atoms in total. The first-order valence-corrected chi connectivity index (χ1v) is 21.2. The van der Waals surface area contributed by atoms with E-state index in [0.717, 1.165) is 33.4 Å². The van der Waals surface area contributed by atoms with E-state index in [1.807, 2.05) is 97.1 Å². The maximum atomic E-state index is 12.4. The van der Waals surface area contributed by atoms with Gasteiger partial charge in [-0.1, -0.05) is 72.8 Å². The number of carbonyl (C=O) groups excluding carboxylic acids is 5. The number of nitrogens with one attached hydrogen (secondary N) is 6. The molecule has 0 saturated carbocycles. The van der Waals surface area contributed by atoms with E-state index < -0.39 is 12.2 Å². The van der Waals surface area contributed by atoms with Crippen molar-refractivity contribution >= 4 is 58.8 Å². The summed E-state index contributed by atoms with van der Waals surface area (Å²) in [5.74, 6) is 0. The van der Waals surface area contributed by atoms with Gasteiger partial charge < -0.3 is 30.7 Å². The number of rotatable bonds is 19. The first-order valence-electron chi connectivity index (χ1n) is 21.2. The maximum absolute atomic E-state index is 12.4. The number of aliphatic imine (C=N–C) groups is 1. The Kier molecular flexibility index (Phi) is 17.6. The molecule has 0 saturated heterocycles. The van der Waals surface area contributed by atoms with Crippen molar-refractivity contribution in [1.82, 2.24) is 10.6 Å².